The molecule has 4 N–H and O–H groups in total. The van der Waals surface area contributed by atoms with E-state index in [1.54, 1.807) is 0 Å². The summed E-state index contributed by atoms with van der Waals surface area (Å²) >= 11 is 6.27. The normalized spacial score (nSPS) is 35.9. The van der Waals surface area contributed by atoms with Crippen LogP contribution in [0.2, 0.25) is 0 Å². The van der Waals surface area contributed by atoms with E-state index >= 15 is 4.39 Å². The zero-order valence-corrected chi connectivity index (χ0v) is 15.3. The number of fused-ring (bicyclic) bond motifs is 1. The van der Waals surface area contributed by atoms with Crippen LogP contribution >= 0.6 is 11.8 Å². The van der Waals surface area contributed by atoms with E-state index in [2.05, 4.69) is 15.3 Å². The van der Waals surface area contributed by atoms with Gasteiger partial charge in [0.2, 0.25) is 5.96 Å². The van der Waals surface area contributed by atoms with Crippen molar-refractivity contribution >= 4 is 24.1 Å². The van der Waals surface area contributed by atoms with Crippen molar-refractivity contribution < 1.29 is 24.4 Å². The molecular weight excluding hydrogens is 393 g/mol. The highest BCUT2D eigenvalue weighted by Gasteiger charge is 2.59. The first-order valence-electron chi connectivity index (χ1n) is 8.62. The highest BCUT2D eigenvalue weighted by molar-refractivity contribution is 6.23. The highest BCUT2D eigenvalue weighted by Crippen LogP contribution is 2.42. The molecule has 150 valence electrons. The van der Waals surface area contributed by atoms with Gasteiger partial charge in [0.1, 0.15) is 24.0 Å². The fourth-order valence-corrected chi connectivity index (χ4v) is 3.55. The van der Waals surface area contributed by atoms with Gasteiger partial charge in [-0.25, -0.2) is 9.98 Å². The quantitative estimate of drug-likeness (QED) is 0.402. The van der Waals surface area contributed by atoms with E-state index in [1.165, 1.54) is 6.20 Å². The first-order chi connectivity index (χ1) is 13.5. The molecule has 3 aliphatic rings. The van der Waals surface area contributed by atoms with E-state index < -0.39 is 37.1 Å². The van der Waals surface area contributed by atoms with Crippen LogP contribution in [0.3, 0.4) is 0 Å². The molecule has 1 unspecified atom stereocenters. The van der Waals surface area contributed by atoms with Gasteiger partial charge in [-0.1, -0.05) is 30.3 Å². The van der Waals surface area contributed by atoms with Crippen LogP contribution in [0.4, 0.5) is 4.39 Å². The van der Waals surface area contributed by atoms with Gasteiger partial charge in [0, 0.05) is 18.0 Å². The maximum absolute atomic E-state index is 16.0. The second-order valence-corrected chi connectivity index (χ2v) is 6.89. The predicted molar refractivity (Wildman–Crippen MR) is 98.4 cm³/mol. The molecule has 1 aromatic rings. The molecule has 0 bridgehead atoms. The van der Waals surface area contributed by atoms with Crippen LogP contribution in [-0.2, 0) is 11.3 Å². The number of alkyl halides is 1. The van der Waals surface area contributed by atoms with Gasteiger partial charge in [-0.15, -0.1) is 0 Å². The van der Waals surface area contributed by atoms with Gasteiger partial charge in [-0.2, -0.15) is 8.81 Å². The number of halogens is 2. The fourth-order valence-electron chi connectivity index (χ4n) is 3.28. The summed E-state index contributed by atoms with van der Waals surface area (Å²) < 4.78 is 22.2. The minimum absolute atomic E-state index is 0.0408. The smallest absolute Gasteiger partial charge is 0.324 e. The Morgan fingerprint density at radius 2 is 2.04 bits per heavy atom. The van der Waals surface area contributed by atoms with E-state index in [0.29, 0.717) is 0 Å². The van der Waals surface area contributed by atoms with E-state index in [4.69, 9.17) is 16.5 Å². The third-order valence-corrected chi connectivity index (χ3v) is 5.20. The second kappa shape index (κ2) is 7.30. The molecule has 11 heteroatoms. The van der Waals surface area contributed by atoms with Crippen molar-refractivity contribution in [1.82, 2.24) is 14.6 Å². The molecule has 0 aromatic heterocycles. The van der Waals surface area contributed by atoms with Crippen LogP contribution in [0.1, 0.15) is 5.56 Å². The molecule has 3 aliphatic heterocycles. The van der Waals surface area contributed by atoms with Crippen molar-refractivity contribution in [3.8, 4) is 0 Å². The molecule has 0 amide bonds. The number of aliphatic hydroxyl groups is 3. The van der Waals surface area contributed by atoms with Gasteiger partial charge >= 0.3 is 5.92 Å². The van der Waals surface area contributed by atoms with Crippen molar-refractivity contribution in [3.63, 3.8) is 0 Å². The van der Waals surface area contributed by atoms with Crippen LogP contribution < -0.4 is 5.32 Å². The topological polar surface area (TPSA) is 113 Å². The monoisotopic (exact) mass is 411 g/mol. The summed E-state index contributed by atoms with van der Waals surface area (Å²) in [4.78, 5) is 9.24. The molecule has 5 atom stereocenters. The van der Waals surface area contributed by atoms with Crippen LogP contribution in [0, 0.1) is 0 Å². The van der Waals surface area contributed by atoms with Crippen LogP contribution in [0.5, 0.6) is 0 Å². The summed E-state index contributed by atoms with van der Waals surface area (Å²) in [5, 5.41) is 32.3. The van der Waals surface area contributed by atoms with Gasteiger partial charge in [-0.3, -0.25) is 4.90 Å². The van der Waals surface area contributed by atoms with E-state index in [9.17, 15) is 15.3 Å². The summed E-state index contributed by atoms with van der Waals surface area (Å²) in [6.45, 7) is -0.266. The average Bonchev–Trinajstić information content (AvgIpc) is 3.20. The predicted octanol–water partition coefficient (Wildman–Crippen LogP) is -0.151. The standard InChI is InChI=1S/C17H19ClFN5O4/c18-24-16(20-6-10-4-2-1-3-5-10)21-7-12-17(24,19)23(9-22-12)15-14(27)13(26)11(8-25)28-15/h1-5,7,9,11,13-15,25-27H,6,8H2,(H,20,21)/t11-,13-,14+,15-,17?/m1/s1. The summed E-state index contributed by atoms with van der Waals surface area (Å²) in [5.74, 6) is -2.46. The van der Waals surface area contributed by atoms with Crippen LogP contribution in [0.25, 0.3) is 0 Å². The number of hydrogen-bond donors (Lipinski definition) is 4. The van der Waals surface area contributed by atoms with Crippen molar-refractivity contribution in [2.24, 2.45) is 9.98 Å². The molecule has 1 fully saturated rings. The number of aliphatic imine (C=N–C) groups is 2. The Morgan fingerprint density at radius 1 is 1.29 bits per heavy atom. The number of hydrogen-bond acceptors (Lipinski definition) is 7. The molecule has 1 saturated heterocycles. The number of aliphatic hydroxyl groups excluding tert-OH is 3. The van der Waals surface area contributed by atoms with E-state index in [-0.39, 0.29) is 18.2 Å². The average molecular weight is 412 g/mol. The minimum Gasteiger partial charge on any atom is -0.394 e. The summed E-state index contributed by atoms with van der Waals surface area (Å²) in [6, 6.07) is 9.37. The van der Waals surface area contributed by atoms with Gasteiger partial charge < -0.3 is 25.4 Å². The second-order valence-electron chi connectivity index (χ2n) is 6.55. The molecule has 0 radical (unpaired) electrons. The number of nitrogens with one attached hydrogen (secondary N) is 1. The Morgan fingerprint density at radius 3 is 2.71 bits per heavy atom. The lowest BCUT2D eigenvalue weighted by Gasteiger charge is -2.42. The van der Waals surface area contributed by atoms with Gasteiger partial charge in [0.15, 0.2) is 6.23 Å². The molecular formula is C17H19ClFN5O4. The molecule has 4 rings (SSSR count). The molecule has 28 heavy (non-hydrogen) atoms. The third-order valence-electron chi connectivity index (χ3n) is 4.82. The highest BCUT2D eigenvalue weighted by atomic mass is 35.5. The molecule has 0 aliphatic carbocycles. The number of guanidine groups is 1. The van der Waals surface area contributed by atoms with Crippen molar-refractivity contribution in [1.29, 1.82) is 0 Å². The molecule has 0 spiro atoms. The lowest BCUT2D eigenvalue weighted by atomic mass is 10.1. The van der Waals surface area contributed by atoms with E-state index in [0.717, 1.165) is 21.2 Å². The molecule has 1 aromatic carbocycles. The van der Waals surface area contributed by atoms with E-state index in [1.807, 2.05) is 30.3 Å². The van der Waals surface area contributed by atoms with Crippen LogP contribution in [0.15, 0.2) is 52.2 Å². The lowest BCUT2D eigenvalue weighted by Crippen LogP contribution is -2.63. The summed E-state index contributed by atoms with van der Waals surface area (Å²) in [6.07, 6.45) is -2.76. The van der Waals surface area contributed by atoms with Crippen molar-refractivity contribution in [3.05, 3.63) is 47.8 Å². The maximum Gasteiger partial charge on any atom is 0.324 e. The zero-order chi connectivity index (χ0) is 19.9. The Balaban J connectivity index is 1.59. The Labute approximate surface area is 165 Å². The van der Waals surface area contributed by atoms with Gasteiger partial charge in [0.05, 0.1) is 19.5 Å². The first kappa shape index (κ1) is 19.1. The van der Waals surface area contributed by atoms with Crippen molar-refractivity contribution in [2.75, 3.05) is 6.61 Å². The first-order valence-corrected chi connectivity index (χ1v) is 8.96. The zero-order valence-electron chi connectivity index (χ0n) is 14.6. The Hall–Kier alpha value is -2.24. The van der Waals surface area contributed by atoms with Crippen LogP contribution in [-0.4, -0.2) is 74.0 Å². The number of nitrogens with zero attached hydrogens (tertiary/aromatic N) is 4. The van der Waals surface area contributed by atoms with Gasteiger partial charge in [-0.05, 0) is 5.56 Å². The number of benzene rings is 1. The number of ether oxygens (including phenoxy) is 1. The number of rotatable bonds is 4. The van der Waals surface area contributed by atoms with Gasteiger partial charge in [0.25, 0.3) is 0 Å². The Kier molecular flexibility index (Phi) is 4.98. The van der Waals surface area contributed by atoms with Crippen molar-refractivity contribution in [2.45, 2.75) is 37.0 Å². The third kappa shape index (κ3) is 2.93. The molecule has 9 nitrogen and oxygen atoms in total. The molecule has 0 saturated carbocycles. The largest absolute Gasteiger partial charge is 0.394 e. The fraction of sp³-hybridized carbons (Fsp3) is 0.412. The summed E-state index contributed by atoms with van der Waals surface area (Å²) in [7, 11) is 0. The SMILES string of the molecule is OC[C@H]1O[C@@H](N2C=NC3=CNC(=NCc4ccccc4)N(Cl)C32F)[C@@H](O)[C@@H]1O. The molecule has 3 heterocycles. The maximum atomic E-state index is 16.0. The Bertz CT molecular complexity index is 825. The minimum atomic E-state index is -2.50. The lowest BCUT2D eigenvalue weighted by molar-refractivity contribution is -0.144. The summed E-state index contributed by atoms with van der Waals surface area (Å²) in [5.41, 5.74) is 0.839.